The largest absolute Gasteiger partial charge is 0.464 e. The van der Waals surface area contributed by atoms with E-state index in [4.69, 9.17) is 18.9 Å². The molecule has 0 aliphatic heterocycles. The number of methoxy groups -OCH3 is 1. The van der Waals surface area contributed by atoms with Gasteiger partial charge >= 0.3 is 11.9 Å². The van der Waals surface area contributed by atoms with E-state index in [-0.39, 0.29) is 38.6 Å². The van der Waals surface area contributed by atoms with Crippen LogP contribution in [0.25, 0.3) is 0 Å². The van der Waals surface area contributed by atoms with Gasteiger partial charge in [-0.3, -0.25) is 9.78 Å². The molecule has 168 valence electrons. The van der Waals surface area contributed by atoms with Gasteiger partial charge in [0.25, 0.3) is 0 Å². The van der Waals surface area contributed by atoms with E-state index >= 15 is 0 Å². The third-order valence-electron chi connectivity index (χ3n) is 3.39. The Hall–Kier alpha value is -2.58. The summed E-state index contributed by atoms with van der Waals surface area (Å²) in [6.07, 6.45) is 3.47. The van der Waals surface area contributed by atoms with Crippen molar-refractivity contribution in [1.82, 2.24) is 4.98 Å². The fourth-order valence-corrected chi connectivity index (χ4v) is 1.94. The molecule has 1 heterocycles. The lowest BCUT2D eigenvalue weighted by molar-refractivity contribution is -0.151. The van der Waals surface area contributed by atoms with E-state index in [9.17, 15) is 14.4 Å². The predicted molar refractivity (Wildman–Crippen MR) is 112 cm³/mol. The number of hydrogen-bond acceptors (Lipinski definition) is 8. The molecule has 1 rings (SSSR count). The molecule has 1 aromatic heterocycles. The van der Waals surface area contributed by atoms with Crippen molar-refractivity contribution in [3.63, 3.8) is 0 Å². The van der Waals surface area contributed by atoms with Crippen molar-refractivity contribution in [3.05, 3.63) is 42.2 Å². The van der Waals surface area contributed by atoms with Gasteiger partial charge in [0.2, 0.25) is 0 Å². The molecule has 0 radical (unpaired) electrons. The molecule has 0 spiro atoms. The highest BCUT2D eigenvalue weighted by Crippen LogP contribution is 2.10. The van der Waals surface area contributed by atoms with Gasteiger partial charge < -0.3 is 18.9 Å². The molecule has 30 heavy (non-hydrogen) atoms. The minimum absolute atomic E-state index is 0.000166. The normalized spacial score (nSPS) is 10.9. The van der Waals surface area contributed by atoms with Gasteiger partial charge in [-0.05, 0) is 26.0 Å². The van der Waals surface area contributed by atoms with E-state index in [1.165, 1.54) is 18.9 Å². The number of aromatic nitrogens is 1. The second-order valence-corrected chi connectivity index (χ2v) is 6.74. The van der Waals surface area contributed by atoms with Gasteiger partial charge in [0.15, 0.2) is 0 Å². The highest BCUT2D eigenvalue weighted by atomic mass is 16.6. The highest BCUT2D eigenvalue weighted by Gasteiger charge is 2.18. The molecule has 1 aromatic rings. The molecule has 0 bridgehead atoms. The van der Waals surface area contributed by atoms with Gasteiger partial charge in [0.1, 0.15) is 12.4 Å². The zero-order chi connectivity index (χ0) is 22.8. The first-order valence-corrected chi connectivity index (χ1v) is 9.73. The van der Waals surface area contributed by atoms with Crippen LogP contribution in [0.2, 0.25) is 0 Å². The maximum Gasteiger partial charge on any atom is 0.339 e. The van der Waals surface area contributed by atoms with Crippen LogP contribution in [0.1, 0.15) is 44.0 Å². The number of esters is 2. The molecular formula is C22H33NO7. The number of pyridine rings is 1. The number of hydrogen-bond donors (Lipinski definition) is 0. The van der Waals surface area contributed by atoms with Crippen LogP contribution in [0.15, 0.2) is 36.7 Å². The molecule has 0 aliphatic rings. The smallest absolute Gasteiger partial charge is 0.339 e. The monoisotopic (exact) mass is 423 g/mol. The lowest BCUT2D eigenvalue weighted by atomic mass is 10.0. The van der Waals surface area contributed by atoms with Crippen LogP contribution < -0.4 is 0 Å². The Balaban J connectivity index is 0.00000192. The average molecular weight is 424 g/mol. The Morgan fingerprint density at radius 3 is 2.37 bits per heavy atom. The maximum absolute atomic E-state index is 12.0. The molecule has 1 unspecified atom stereocenters. The number of allylic oxidation sites excluding steroid dienone is 1. The molecule has 0 amide bonds. The van der Waals surface area contributed by atoms with Crippen molar-refractivity contribution in [2.75, 3.05) is 40.1 Å². The number of carbonyl (C=O) groups is 3. The van der Waals surface area contributed by atoms with Gasteiger partial charge in [-0.25, -0.2) is 9.59 Å². The lowest BCUT2D eigenvalue weighted by Gasteiger charge is -2.16. The summed E-state index contributed by atoms with van der Waals surface area (Å²) in [7, 11) is 1.53. The number of carbonyl (C=O) groups excluding carboxylic acids is 3. The minimum atomic E-state index is -0.548. The van der Waals surface area contributed by atoms with Crippen LogP contribution in [0, 0.1) is 5.92 Å². The SMILES string of the molecule is C=C(C)C.CCC(=O)CC(COC(=O)COCCOC)COC(=O)c1cccnc1. The third kappa shape index (κ3) is 15.4. The van der Waals surface area contributed by atoms with Crippen molar-refractivity contribution in [2.45, 2.75) is 33.6 Å². The summed E-state index contributed by atoms with van der Waals surface area (Å²) in [4.78, 5) is 39.1. The summed E-state index contributed by atoms with van der Waals surface area (Å²) >= 11 is 0. The van der Waals surface area contributed by atoms with Crippen molar-refractivity contribution in [3.8, 4) is 0 Å². The van der Waals surface area contributed by atoms with Gasteiger partial charge in [-0.2, -0.15) is 0 Å². The van der Waals surface area contributed by atoms with Gasteiger partial charge in [0, 0.05) is 38.3 Å². The van der Waals surface area contributed by atoms with E-state index in [0.717, 1.165) is 0 Å². The standard InChI is InChI=1S/C18H25NO7.C4H8/c1-3-16(20)9-14(11-25-17(21)13-24-8-7-23-2)12-26-18(22)15-5-4-6-19-10-15;1-4(2)3/h4-6,10,14H,3,7-9,11-13H2,1-2H3;1H2,2-3H3. The van der Waals surface area contributed by atoms with Crippen LogP contribution in [-0.2, 0) is 28.5 Å². The number of Topliss-reactive ketones (excluding diaryl/α,β-unsaturated/α-hetero) is 1. The van der Waals surface area contributed by atoms with Crippen molar-refractivity contribution in [2.24, 2.45) is 5.92 Å². The molecule has 1 atom stereocenters. The van der Waals surface area contributed by atoms with Crippen LogP contribution >= 0.6 is 0 Å². The highest BCUT2D eigenvalue weighted by molar-refractivity contribution is 5.88. The van der Waals surface area contributed by atoms with E-state index < -0.39 is 17.9 Å². The van der Waals surface area contributed by atoms with E-state index in [0.29, 0.717) is 18.6 Å². The third-order valence-corrected chi connectivity index (χ3v) is 3.39. The van der Waals surface area contributed by atoms with E-state index in [1.807, 2.05) is 13.8 Å². The summed E-state index contributed by atoms with van der Waals surface area (Å²) in [5, 5.41) is 0. The van der Waals surface area contributed by atoms with Crippen LogP contribution in [0.3, 0.4) is 0 Å². The maximum atomic E-state index is 12.0. The Morgan fingerprint density at radius 1 is 1.13 bits per heavy atom. The van der Waals surface area contributed by atoms with E-state index in [2.05, 4.69) is 11.6 Å². The summed E-state index contributed by atoms with van der Waals surface area (Å²) in [6.45, 7) is 9.65. The molecule has 0 aromatic carbocycles. The number of ether oxygens (including phenoxy) is 4. The molecule has 0 saturated heterocycles. The van der Waals surface area contributed by atoms with Crippen molar-refractivity contribution in [1.29, 1.82) is 0 Å². The van der Waals surface area contributed by atoms with Gasteiger partial charge in [0.05, 0.1) is 32.0 Å². The Kier molecular flexibility index (Phi) is 15.8. The lowest BCUT2D eigenvalue weighted by Crippen LogP contribution is -2.25. The minimum Gasteiger partial charge on any atom is -0.464 e. The zero-order valence-corrected chi connectivity index (χ0v) is 18.3. The summed E-state index contributed by atoms with van der Waals surface area (Å²) in [6, 6.07) is 3.21. The summed E-state index contributed by atoms with van der Waals surface area (Å²) in [5.41, 5.74) is 1.48. The van der Waals surface area contributed by atoms with Crippen molar-refractivity contribution >= 4 is 17.7 Å². The second-order valence-electron chi connectivity index (χ2n) is 6.74. The fourth-order valence-electron chi connectivity index (χ4n) is 1.94. The fraction of sp³-hybridized carbons (Fsp3) is 0.545. The molecule has 8 heteroatoms. The van der Waals surface area contributed by atoms with Crippen LogP contribution in [-0.4, -0.2) is 62.9 Å². The molecule has 0 aliphatic carbocycles. The first-order chi connectivity index (χ1) is 14.3. The predicted octanol–water partition coefficient (Wildman–Crippen LogP) is 3.01. The van der Waals surface area contributed by atoms with Gasteiger partial charge in [-0.15, -0.1) is 6.58 Å². The number of ketones is 1. The Morgan fingerprint density at radius 2 is 1.80 bits per heavy atom. The zero-order valence-electron chi connectivity index (χ0n) is 18.3. The van der Waals surface area contributed by atoms with Crippen LogP contribution in [0.4, 0.5) is 0 Å². The summed E-state index contributed by atoms with van der Waals surface area (Å²) < 4.78 is 20.2. The Bertz CT molecular complexity index is 642. The second kappa shape index (κ2) is 17.3. The number of rotatable bonds is 13. The first kappa shape index (κ1) is 27.4. The first-order valence-electron chi connectivity index (χ1n) is 9.73. The topological polar surface area (TPSA) is 101 Å². The molecule has 8 nitrogen and oxygen atoms in total. The van der Waals surface area contributed by atoms with E-state index in [1.54, 1.807) is 25.3 Å². The molecule has 0 saturated carbocycles. The number of nitrogens with zero attached hydrogens (tertiary/aromatic N) is 1. The van der Waals surface area contributed by atoms with Crippen molar-refractivity contribution < 1.29 is 33.3 Å². The quantitative estimate of drug-likeness (QED) is 0.271. The average Bonchev–Trinajstić information content (AvgIpc) is 2.73. The molecule has 0 fully saturated rings. The summed E-state index contributed by atoms with van der Waals surface area (Å²) in [5.74, 6) is -1.50. The molecular weight excluding hydrogens is 390 g/mol. The Labute approximate surface area is 178 Å². The van der Waals surface area contributed by atoms with Crippen LogP contribution in [0.5, 0.6) is 0 Å². The van der Waals surface area contributed by atoms with Gasteiger partial charge in [-0.1, -0.05) is 12.5 Å². The molecule has 0 N–H and O–H groups in total.